The minimum Gasteiger partial charge on any atom is -0.314 e. The molecule has 0 bridgehead atoms. The molecule has 0 aliphatic heterocycles. The molecular formula is C15H13N3O. The van der Waals surface area contributed by atoms with Crippen LogP contribution in [-0.2, 0) is 4.79 Å². The van der Waals surface area contributed by atoms with Crippen molar-refractivity contribution >= 4 is 11.6 Å². The van der Waals surface area contributed by atoms with E-state index in [0.717, 1.165) is 5.69 Å². The molecule has 1 aromatic carbocycles. The first-order valence-electron chi connectivity index (χ1n) is 5.86. The molecule has 0 radical (unpaired) electrons. The van der Waals surface area contributed by atoms with Crippen molar-refractivity contribution in [1.29, 1.82) is 5.26 Å². The second-order valence-corrected chi connectivity index (χ2v) is 4.08. The van der Waals surface area contributed by atoms with Gasteiger partial charge >= 0.3 is 0 Å². The summed E-state index contributed by atoms with van der Waals surface area (Å²) in [6.45, 7) is 0. The maximum atomic E-state index is 12.4. The average Bonchev–Trinajstić information content (AvgIpc) is 2.49. The molecule has 4 heteroatoms. The topological polar surface area (TPSA) is 57.0 Å². The van der Waals surface area contributed by atoms with E-state index in [-0.39, 0.29) is 5.91 Å². The Hall–Kier alpha value is -2.67. The number of amides is 1. The Morgan fingerprint density at radius 2 is 1.84 bits per heavy atom. The Morgan fingerprint density at radius 1 is 1.21 bits per heavy atom. The molecule has 0 spiro atoms. The van der Waals surface area contributed by atoms with Crippen LogP contribution in [0.1, 0.15) is 11.5 Å². The molecule has 0 aliphatic carbocycles. The molecule has 1 amide bonds. The quantitative estimate of drug-likeness (QED) is 0.841. The molecule has 1 unspecified atom stereocenters. The summed E-state index contributed by atoms with van der Waals surface area (Å²) in [5.74, 6) is -1.04. The normalized spacial score (nSPS) is 11.4. The van der Waals surface area contributed by atoms with Crippen LogP contribution in [0, 0.1) is 11.3 Å². The van der Waals surface area contributed by atoms with Crippen LogP contribution in [-0.4, -0.2) is 17.9 Å². The van der Waals surface area contributed by atoms with Crippen LogP contribution in [0.4, 0.5) is 5.69 Å². The first-order chi connectivity index (χ1) is 9.24. The van der Waals surface area contributed by atoms with Crippen molar-refractivity contribution in [2.75, 3.05) is 11.9 Å². The third kappa shape index (κ3) is 2.78. The van der Waals surface area contributed by atoms with E-state index in [1.807, 2.05) is 18.2 Å². The van der Waals surface area contributed by atoms with Crippen LogP contribution < -0.4 is 4.90 Å². The van der Waals surface area contributed by atoms with E-state index in [4.69, 9.17) is 0 Å². The largest absolute Gasteiger partial charge is 0.314 e. The molecule has 1 heterocycles. The molecule has 94 valence electrons. The summed E-state index contributed by atoms with van der Waals surface area (Å²) in [4.78, 5) is 17.7. The van der Waals surface area contributed by atoms with Crippen LogP contribution in [0.25, 0.3) is 0 Å². The lowest BCUT2D eigenvalue weighted by molar-refractivity contribution is -0.118. The molecule has 4 nitrogen and oxygen atoms in total. The van der Waals surface area contributed by atoms with E-state index in [1.165, 1.54) is 4.90 Å². The highest BCUT2D eigenvalue weighted by molar-refractivity contribution is 5.99. The van der Waals surface area contributed by atoms with Crippen molar-refractivity contribution in [1.82, 2.24) is 4.98 Å². The number of rotatable bonds is 3. The number of hydrogen-bond donors (Lipinski definition) is 0. The molecule has 1 aromatic heterocycles. The highest BCUT2D eigenvalue weighted by Gasteiger charge is 2.24. The second-order valence-electron chi connectivity index (χ2n) is 4.08. The average molecular weight is 251 g/mol. The van der Waals surface area contributed by atoms with Crippen molar-refractivity contribution in [2.24, 2.45) is 0 Å². The first-order valence-corrected chi connectivity index (χ1v) is 5.86. The van der Waals surface area contributed by atoms with Gasteiger partial charge in [-0.2, -0.15) is 5.26 Å². The third-order valence-corrected chi connectivity index (χ3v) is 2.89. The molecule has 0 fully saturated rings. The van der Waals surface area contributed by atoms with Gasteiger partial charge in [-0.15, -0.1) is 0 Å². The number of carbonyl (C=O) groups is 1. The highest BCUT2D eigenvalue weighted by atomic mass is 16.2. The van der Waals surface area contributed by atoms with Crippen LogP contribution in [0.5, 0.6) is 0 Å². The van der Waals surface area contributed by atoms with Gasteiger partial charge < -0.3 is 4.90 Å². The van der Waals surface area contributed by atoms with Gasteiger partial charge in [-0.3, -0.25) is 9.78 Å². The van der Waals surface area contributed by atoms with Crippen molar-refractivity contribution < 1.29 is 4.79 Å². The van der Waals surface area contributed by atoms with E-state index >= 15 is 0 Å². The number of anilines is 1. The zero-order valence-electron chi connectivity index (χ0n) is 10.5. The Kier molecular flexibility index (Phi) is 3.89. The van der Waals surface area contributed by atoms with E-state index in [2.05, 4.69) is 11.1 Å². The summed E-state index contributed by atoms with van der Waals surface area (Å²) < 4.78 is 0. The lowest BCUT2D eigenvalue weighted by Gasteiger charge is -2.20. The minimum atomic E-state index is -0.792. The maximum Gasteiger partial charge on any atom is 0.248 e. The molecule has 2 aromatic rings. The molecule has 0 aliphatic rings. The van der Waals surface area contributed by atoms with Crippen LogP contribution in [0.15, 0.2) is 54.9 Å². The Bertz CT molecular complexity index is 590. The van der Waals surface area contributed by atoms with Gasteiger partial charge in [0, 0.05) is 25.1 Å². The minimum absolute atomic E-state index is 0.250. The Balaban J connectivity index is 2.26. The van der Waals surface area contributed by atoms with Crippen LogP contribution in [0.2, 0.25) is 0 Å². The number of benzene rings is 1. The molecule has 1 atom stereocenters. The van der Waals surface area contributed by atoms with Gasteiger partial charge in [0.15, 0.2) is 5.92 Å². The summed E-state index contributed by atoms with van der Waals surface area (Å²) in [7, 11) is 1.66. The number of nitrogens with zero attached hydrogens (tertiary/aromatic N) is 3. The predicted molar refractivity (Wildman–Crippen MR) is 72.4 cm³/mol. The summed E-state index contributed by atoms with van der Waals surface area (Å²) in [5, 5.41) is 9.24. The smallest absolute Gasteiger partial charge is 0.248 e. The highest BCUT2D eigenvalue weighted by Crippen LogP contribution is 2.20. The molecule has 0 saturated heterocycles. The number of nitriles is 1. The Morgan fingerprint density at radius 3 is 2.42 bits per heavy atom. The lowest BCUT2D eigenvalue weighted by Crippen LogP contribution is -2.31. The van der Waals surface area contributed by atoms with E-state index < -0.39 is 5.92 Å². The lowest BCUT2D eigenvalue weighted by atomic mass is 9.99. The van der Waals surface area contributed by atoms with E-state index in [0.29, 0.717) is 5.56 Å². The van der Waals surface area contributed by atoms with Gasteiger partial charge in [-0.05, 0) is 17.7 Å². The van der Waals surface area contributed by atoms with Gasteiger partial charge in [0.05, 0.1) is 6.07 Å². The zero-order chi connectivity index (χ0) is 13.7. The summed E-state index contributed by atoms with van der Waals surface area (Å²) >= 11 is 0. The third-order valence-electron chi connectivity index (χ3n) is 2.89. The van der Waals surface area contributed by atoms with E-state index in [1.54, 1.807) is 43.7 Å². The number of hydrogen-bond acceptors (Lipinski definition) is 3. The van der Waals surface area contributed by atoms with Gasteiger partial charge in [-0.25, -0.2) is 0 Å². The number of pyridine rings is 1. The fraction of sp³-hybridized carbons (Fsp3) is 0.133. The first kappa shape index (κ1) is 12.8. The van der Waals surface area contributed by atoms with Gasteiger partial charge in [-0.1, -0.05) is 30.3 Å². The van der Waals surface area contributed by atoms with Crippen molar-refractivity contribution in [3.8, 4) is 6.07 Å². The molecule has 0 N–H and O–H groups in total. The second kappa shape index (κ2) is 5.78. The zero-order valence-corrected chi connectivity index (χ0v) is 10.5. The number of likely N-dealkylation sites (N-methyl/N-ethyl adjacent to an activating group) is 1. The fourth-order valence-corrected chi connectivity index (χ4v) is 1.81. The number of aromatic nitrogens is 1. The van der Waals surface area contributed by atoms with Crippen molar-refractivity contribution in [2.45, 2.75) is 5.92 Å². The fourth-order valence-electron chi connectivity index (χ4n) is 1.81. The summed E-state index contributed by atoms with van der Waals surface area (Å²) in [6, 6.07) is 14.6. The molecule has 2 rings (SSSR count). The molecule has 0 saturated carbocycles. The number of carbonyl (C=O) groups excluding carboxylic acids is 1. The van der Waals surface area contributed by atoms with Gasteiger partial charge in [0.25, 0.3) is 0 Å². The van der Waals surface area contributed by atoms with Gasteiger partial charge in [0.1, 0.15) is 0 Å². The maximum absolute atomic E-state index is 12.4. The van der Waals surface area contributed by atoms with Crippen LogP contribution >= 0.6 is 0 Å². The van der Waals surface area contributed by atoms with Crippen LogP contribution in [0.3, 0.4) is 0 Å². The van der Waals surface area contributed by atoms with Crippen molar-refractivity contribution in [3.05, 3.63) is 60.4 Å². The Labute approximate surface area is 111 Å². The van der Waals surface area contributed by atoms with Crippen molar-refractivity contribution in [3.63, 3.8) is 0 Å². The van der Waals surface area contributed by atoms with E-state index in [9.17, 15) is 10.1 Å². The monoisotopic (exact) mass is 251 g/mol. The predicted octanol–water partition coefficient (Wildman–Crippen LogP) is 2.35. The molecule has 19 heavy (non-hydrogen) atoms. The van der Waals surface area contributed by atoms with Gasteiger partial charge in [0.2, 0.25) is 5.91 Å². The SMILES string of the molecule is CN(C(=O)C(C#N)c1ccccc1)c1ccncc1. The molecular weight excluding hydrogens is 238 g/mol. The summed E-state index contributed by atoms with van der Waals surface area (Å²) in [5.41, 5.74) is 1.42. The summed E-state index contributed by atoms with van der Waals surface area (Å²) in [6.07, 6.45) is 3.23. The standard InChI is InChI=1S/C15H13N3O/c1-18(13-7-9-17-10-8-13)15(19)14(11-16)12-5-3-2-4-6-12/h2-10,14H,1H3.